The normalized spacial score (nSPS) is 14.8. The molecule has 0 aliphatic heterocycles. The minimum Gasteiger partial charge on any atom is -0.437 e. The molecule has 0 aliphatic rings. The van der Waals surface area contributed by atoms with Crippen LogP contribution in [0.2, 0.25) is 64.5 Å². The summed E-state index contributed by atoms with van der Waals surface area (Å²) < 4.78 is 19.9. The molecule has 0 aromatic carbocycles. The Morgan fingerprint density at radius 2 is 0.893 bits per heavy atom. The quantitative estimate of drug-likeness (QED) is 0.303. The van der Waals surface area contributed by atoms with E-state index in [9.17, 15) is 0 Å². The van der Waals surface area contributed by atoms with E-state index in [1.165, 1.54) is 0 Å². The van der Waals surface area contributed by atoms with E-state index in [1.54, 1.807) is 0 Å². The Morgan fingerprint density at radius 1 is 0.571 bits per heavy atom. The first kappa shape index (κ1) is 46.8. The lowest BCUT2D eigenvalue weighted by Crippen LogP contribution is -2.58. The average Bonchev–Trinajstić information content (AvgIpc) is 2.20. The van der Waals surface area contributed by atoms with Gasteiger partial charge in [0.25, 0.3) is 0 Å². The van der Waals surface area contributed by atoms with Crippen LogP contribution in [0.25, 0.3) is 0 Å². The van der Waals surface area contributed by atoms with Gasteiger partial charge in [-0.2, -0.15) is 0 Å². The molecule has 0 heterocycles. The van der Waals surface area contributed by atoms with Gasteiger partial charge in [0.15, 0.2) is 16.6 Å². The third-order valence-corrected chi connectivity index (χ3v) is 17.5. The summed E-state index contributed by atoms with van der Waals surface area (Å²) in [5.74, 6) is 0. The first-order chi connectivity index (χ1) is 9.74. The van der Waals surface area contributed by atoms with Crippen LogP contribution < -0.4 is 5.73 Å². The van der Waals surface area contributed by atoms with Crippen LogP contribution in [0.15, 0.2) is 0 Å². The van der Waals surface area contributed by atoms with E-state index in [2.05, 4.69) is 59.3 Å². The average molecular weight is 478 g/mol. The van der Waals surface area contributed by atoms with Crippen molar-refractivity contribution in [3.8, 4) is 0 Å². The van der Waals surface area contributed by atoms with Crippen LogP contribution in [-0.2, 0) is 12.3 Å². The summed E-state index contributed by atoms with van der Waals surface area (Å²) >= 11 is 0. The van der Waals surface area contributed by atoms with E-state index < -0.39 is 33.8 Å². The van der Waals surface area contributed by atoms with Crippen molar-refractivity contribution in [2.24, 2.45) is 5.73 Å². The lowest BCUT2D eigenvalue weighted by Gasteiger charge is -2.42. The fourth-order valence-electron chi connectivity index (χ4n) is 2.88. The maximum atomic E-state index is 6.77. The summed E-state index contributed by atoms with van der Waals surface area (Å²) in [6.45, 7) is 20.8. The Kier molecular flexibility index (Phi) is 30.9. The smallest absolute Gasteiger partial charge is 0.315 e. The molecule has 2 N–H and O–H groups in total. The molecule has 0 rings (SSSR count). The van der Waals surface area contributed by atoms with E-state index in [0.29, 0.717) is 6.54 Å². The van der Waals surface area contributed by atoms with Gasteiger partial charge in [0, 0.05) is 0 Å². The monoisotopic (exact) mass is 477 g/mol. The molecule has 4 nitrogen and oxygen atoms in total. The maximum absolute atomic E-state index is 6.77. The van der Waals surface area contributed by atoms with Gasteiger partial charge >= 0.3 is 17.1 Å². The standard InChI is InChI=1S/C14H39NO3Si4.6CH4/c1-10-13-21(8,16-19(2,3)4)18-22(9,14-11-12-15)17-20(5,6)7;;;;;;/h10-15H2,1-9H3;6*1H4. The summed E-state index contributed by atoms with van der Waals surface area (Å²) in [4.78, 5) is 0. The van der Waals surface area contributed by atoms with Crippen LogP contribution >= 0.6 is 0 Å². The second-order valence-electron chi connectivity index (χ2n) is 8.44. The summed E-state index contributed by atoms with van der Waals surface area (Å²) in [7, 11) is -7.71. The van der Waals surface area contributed by atoms with Crippen LogP contribution in [0.4, 0.5) is 0 Å². The zero-order valence-electron chi connectivity index (χ0n) is 16.3. The zero-order chi connectivity index (χ0) is 17.7. The Balaban J connectivity index is -0.000000147. The number of rotatable bonds is 11. The van der Waals surface area contributed by atoms with Crippen molar-refractivity contribution < 1.29 is 12.3 Å². The van der Waals surface area contributed by atoms with Gasteiger partial charge in [-0.1, -0.05) is 57.9 Å². The lowest BCUT2D eigenvalue weighted by molar-refractivity contribution is 0.315. The van der Waals surface area contributed by atoms with Gasteiger partial charge < -0.3 is 18.1 Å². The molecule has 0 saturated carbocycles. The molecule has 182 valence electrons. The topological polar surface area (TPSA) is 53.7 Å². The van der Waals surface area contributed by atoms with Crippen molar-refractivity contribution in [2.75, 3.05) is 6.54 Å². The highest BCUT2D eigenvalue weighted by atomic mass is 28.5. The maximum Gasteiger partial charge on any atom is 0.315 e. The van der Waals surface area contributed by atoms with Gasteiger partial charge in [-0.15, -0.1) is 0 Å². The largest absolute Gasteiger partial charge is 0.437 e. The number of nitrogens with two attached hydrogens (primary N) is 1. The van der Waals surface area contributed by atoms with Crippen molar-refractivity contribution in [2.45, 2.75) is 129 Å². The first-order valence-corrected chi connectivity index (χ1v) is 20.4. The molecular weight excluding hydrogens is 415 g/mol. The molecule has 28 heavy (non-hydrogen) atoms. The summed E-state index contributed by atoms with van der Waals surface area (Å²) in [5.41, 5.74) is 5.73. The Bertz CT molecular complexity index is 336. The van der Waals surface area contributed by atoms with Crippen molar-refractivity contribution >= 4 is 33.8 Å². The van der Waals surface area contributed by atoms with Crippen LogP contribution in [-0.4, -0.2) is 40.3 Å². The molecule has 0 aromatic heterocycles. The van der Waals surface area contributed by atoms with Crippen molar-refractivity contribution in [3.63, 3.8) is 0 Å². The van der Waals surface area contributed by atoms with E-state index >= 15 is 0 Å². The fourth-order valence-corrected chi connectivity index (χ4v) is 21.4. The van der Waals surface area contributed by atoms with Gasteiger partial charge in [0.05, 0.1) is 0 Å². The molecule has 0 saturated heterocycles. The summed E-state index contributed by atoms with van der Waals surface area (Å²) in [6.07, 6.45) is 2.07. The molecular formula is C20H63NO3Si4. The van der Waals surface area contributed by atoms with Crippen LogP contribution in [0.3, 0.4) is 0 Å². The molecule has 0 radical (unpaired) electrons. The SMILES string of the molecule is C.C.C.C.C.C.CCC[Si](C)(O[Si](C)(C)C)O[Si](C)(CCCN)O[Si](C)(C)C. The predicted molar refractivity (Wildman–Crippen MR) is 147 cm³/mol. The summed E-state index contributed by atoms with van der Waals surface area (Å²) in [5, 5.41) is 0. The minimum absolute atomic E-state index is 0. The van der Waals surface area contributed by atoms with E-state index in [1.807, 2.05) is 0 Å². The zero-order valence-corrected chi connectivity index (χ0v) is 20.3. The van der Waals surface area contributed by atoms with Gasteiger partial charge in [-0.3, -0.25) is 0 Å². The van der Waals surface area contributed by atoms with E-state index in [4.69, 9.17) is 18.1 Å². The Hall–Kier alpha value is 0.708. The number of hydrogen-bond donors (Lipinski definition) is 1. The minimum atomic E-state index is -2.24. The van der Waals surface area contributed by atoms with Crippen molar-refractivity contribution in [1.29, 1.82) is 0 Å². The van der Waals surface area contributed by atoms with Gasteiger partial charge in [-0.05, 0) is 77.4 Å². The molecule has 2 unspecified atom stereocenters. The summed E-state index contributed by atoms with van der Waals surface area (Å²) in [6, 6.07) is 2.01. The molecule has 0 aromatic rings. The van der Waals surface area contributed by atoms with E-state index in [-0.39, 0.29) is 44.6 Å². The molecule has 0 fully saturated rings. The third kappa shape index (κ3) is 23.0. The molecule has 0 amide bonds. The van der Waals surface area contributed by atoms with Gasteiger partial charge in [0.2, 0.25) is 0 Å². The highest BCUT2D eigenvalue weighted by Gasteiger charge is 2.46. The highest BCUT2D eigenvalue weighted by molar-refractivity contribution is 6.89. The lowest BCUT2D eigenvalue weighted by atomic mass is 10.5. The van der Waals surface area contributed by atoms with Crippen molar-refractivity contribution in [1.82, 2.24) is 0 Å². The Morgan fingerprint density at radius 3 is 1.14 bits per heavy atom. The van der Waals surface area contributed by atoms with Gasteiger partial charge in [-0.25, -0.2) is 0 Å². The molecule has 8 heteroatoms. The first-order valence-electron chi connectivity index (χ1n) is 8.55. The van der Waals surface area contributed by atoms with Crippen LogP contribution in [0.5, 0.6) is 0 Å². The highest BCUT2D eigenvalue weighted by Crippen LogP contribution is 2.30. The molecule has 2 atom stereocenters. The van der Waals surface area contributed by atoms with Gasteiger partial charge in [0.1, 0.15) is 0 Å². The number of hydrogen-bond acceptors (Lipinski definition) is 4. The van der Waals surface area contributed by atoms with Crippen LogP contribution in [0.1, 0.15) is 64.3 Å². The molecule has 0 aliphatic carbocycles. The van der Waals surface area contributed by atoms with E-state index in [0.717, 1.165) is 24.9 Å². The van der Waals surface area contributed by atoms with Crippen LogP contribution in [0, 0.1) is 0 Å². The second kappa shape index (κ2) is 18.5. The third-order valence-electron chi connectivity index (χ3n) is 3.02. The molecule has 0 spiro atoms. The molecule has 0 bridgehead atoms. The fraction of sp³-hybridized carbons (Fsp3) is 1.00. The second-order valence-corrected chi connectivity index (χ2v) is 24.9. The predicted octanol–water partition coefficient (Wildman–Crippen LogP) is 8.43. The van der Waals surface area contributed by atoms with Crippen molar-refractivity contribution in [3.05, 3.63) is 0 Å². The Labute approximate surface area is 187 Å².